The average molecular weight is 431 g/mol. The molecule has 0 aromatic heterocycles. The highest BCUT2D eigenvalue weighted by Gasteiger charge is 2.33. The maximum absolute atomic E-state index is 14.3. The summed E-state index contributed by atoms with van der Waals surface area (Å²) >= 11 is 0. The quantitative estimate of drug-likeness (QED) is 0.309. The van der Waals surface area contributed by atoms with Gasteiger partial charge in [0.2, 0.25) is 0 Å². The zero-order valence-electron chi connectivity index (χ0n) is 19.1. The topological polar surface area (TPSA) is 18.5 Å². The fourth-order valence-corrected chi connectivity index (χ4v) is 4.07. The van der Waals surface area contributed by atoms with Crippen molar-refractivity contribution >= 4 is 0 Å². The normalized spacial score (nSPS) is 12.8. The van der Waals surface area contributed by atoms with Crippen LogP contribution in [0.2, 0.25) is 0 Å². The number of ether oxygens (including phenoxy) is 2. The second-order valence-electron chi connectivity index (χ2n) is 8.26. The summed E-state index contributed by atoms with van der Waals surface area (Å²) in [4.78, 5) is 0. The van der Waals surface area contributed by atoms with E-state index in [1.165, 1.54) is 6.07 Å². The first-order valence-corrected chi connectivity index (χ1v) is 11.2. The fraction of sp³-hybridized carbons (Fsp3) is 0.310. The highest BCUT2D eigenvalue weighted by molar-refractivity contribution is 5.39. The van der Waals surface area contributed by atoms with E-state index in [0.29, 0.717) is 12.4 Å². The number of para-hydroxylation sites is 1. The van der Waals surface area contributed by atoms with Crippen molar-refractivity contribution < 1.29 is 13.9 Å². The molecule has 1 atom stereocenters. The first kappa shape index (κ1) is 23.4. The van der Waals surface area contributed by atoms with Crippen molar-refractivity contribution in [3.8, 4) is 29.6 Å². The molecule has 0 aliphatic heterocycles. The molecule has 32 heavy (non-hydrogen) atoms. The first-order valence-electron chi connectivity index (χ1n) is 11.2. The van der Waals surface area contributed by atoms with Crippen molar-refractivity contribution in [1.82, 2.24) is 0 Å². The van der Waals surface area contributed by atoms with E-state index >= 15 is 0 Å². The maximum Gasteiger partial charge on any atom is 0.165 e. The Labute approximate surface area is 191 Å². The van der Waals surface area contributed by atoms with Crippen molar-refractivity contribution in [3.05, 3.63) is 89.7 Å². The van der Waals surface area contributed by atoms with E-state index < -0.39 is 0 Å². The van der Waals surface area contributed by atoms with Crippen LogP contribution in [-0.4, -0.2) is 6.61 Å². The van der Waals surface area contributed by atoms with Gasteiger partial charge in [-0.15, -0.1) is 6.42 Å². The number of rotatable bonds is 10. The van der Waals surface area contributed by atoms with Gasteiger partial charge in [-0.3, -0.25) is 0 Å². The minimum Gasteiger partial charge on any atom is -0.494 e. The summed E-state index contributed by atoms with van der Waals surface area (Å²) in [6.45, 7) is 6.94. The monoisotopic (exact) mass is 430 g/mol. The van der Waals surface area contributed by atoms with Crippen LogP contribution in [0.4, 0.5) is 4.39 Å². The van der Waals surface area contributed by atoms with Gasteiger partial charge in [0.25, 0.3) is 0 Å². The number of hydrogen-bond donors (Lipinski definition) is 0. The molecule has 3 rings (SSSR count). The second kappa shape index (κ2) is 10.9. The van der Waals surface area contributed by atoms with Crippen molar-refractivity contribution in [2.75, 3.05) is 6.61 Å². The predicted molar refractivity (Wildman–Crippen MR) is 129 cm³/mol. The minimum absolute atomic E-state index is 0.243. The van der Waals surface area contributed by atoms with Gasteiger partial charge in [0.15, 0.2) is 11.6 Å². The Kier molecular flexibility index (Phi) is 7.95. The minimum atomic E-state index is -0.368. The van der Waals surface area contributed by atoms with Gasteiger partial charge in [-0.2, -0.15) is 0 Å². The largest absolute Gasteiger partial charge is 0.494 e. The molecule has 0 saturated heterocycles. The molecule has 0 N–H and O–H groups in total. The summed E-state index contributed by atoms with van der Waals surface area (Å²) in [5.41, 5.74) is 1.79. The van der Waals surface area contributed by atoms with Gasteiger partial charge >= 0.3 is 0 Å². The average Bonchev–Trinajstić information content (AvgIpc) is 2.80. The van der Waals surface area contributed by atoms with E-state index in [1.807, 2.05) is 55.5 Å². The van der Waals surface area contributed by atoms with Crippen molar-refractivity contribution in [1.29, 1.82) is 0 Å². The third-order valence-corrected chi connectivity index (χ3v) is 5.93. The van der Waals surface area contributed by atoms with E-state index in [9.17, 15) is 4.39 Å². The lowest BCUT2D eigenvalue weighted by atomic mass is 9.69. The van der Waals surface area contributed by atoms with Crippen LogP contribution in [-0.2, 0) is 11.8 Å². The van der Waals surface area contributed by atoms with Crippen LogP contribution in [0.25, 0.3) is 0 Å². The van der Waals surface area contributed by atoms with Gasteiger partial charge < -0.3 is 9.47 Å². The Balaban J connectivity index is 1.72. The van der Waals surface area contributed by atoms with E-state index in [4.69, 9.17) is 15.9 Å². The Morgan fingerprint density at radius 2 is 1.69 bits per heavy atom. The summed E-state index contributed by atoms with van der Waals surface area (Å²) in [7, 11) is 0. The fourth-order valence-electron chi connectivity index (χ4n) is 4.07. The van der Waals surface area contributed by atoms with Crippen LogP contribution in [0.15, 0.2) is 72.8 Å². The van der Waals surface area contributed by atoms with Gasteiger partial charge in [-0.1, -0.05) is 56.2 Å². The molecule has 3 aromatic rings. The third kappa shape index (κ3) is 5.51. The maximum atomic E-state index is 14.3. The lowest BCUT2D eigenvalue weighted by Crippen LogP contribution is -2.30. The van der Waals surface area contributed by atoms with Gasteiger partial charge in [0, 0.05) is 0 Å². The Hall–Kier alpha value is -3.25. The SMILES string of the molecule is C#CC(CCCc1ccc(F)c(Oc2ccccc2)c1)(c1ccc(OCC)cc1)C(C)C. The zero-order valence-corrected chi connectivity index (χ0v) is 19.1. The number of terminal acetylenes is 1. The molecule has 0 spiro atoms. The van der Waals surface area contributed by atoms with Crippen LogP contribution in [0.3, 0.4) is 0 Å². The molecule has 0 heterocycles. The molecular formula is C29H31FO2. The van der Waals surface area contributed by atoms with Gasteiger partial charge in [0.05, 0.1) is 12.0 Å². The summed E-state index contributed by atoms with van der Waals surface area (Å²) in [5.74, 6) is 4.71. The Morgan fingerprint density at radius 3 is 2.31 bits per heavy atom. The molecule has 0 fully saturated rings. The summed E-state index contributed by atoms with van der Waals surface area (Å²) in [5, 5.41) is 0. The lowest BCUT2D eigenvalue weighted by molar-refractivity contribution is 0.338. The number of benzene rings is 3. The Bertz CT molecular complexity index is 1040. The highest BCUT2D eigenvalue weighted by atomic mass is 19.1. The first-order chi connectivity index (χ1) is 15.5. The molecule has 1 unspecified atom stereocenters. The van der Waals surface area contributed by atoms with Crippen LogP contribution < -0.4 is 9.47 Å². The summed E-state index contributed by atoms with van der Waals surface area (Å²) < 4.78 is 25.6. The highest BCUT2D eigenvalue weighted by Crippen LogP contribution is 2.38. The van der Waals surface area contributed by atoms with Gasteiger partial charge in [-0.25, -0.2) is 4.39 Å². The molecule has 0 amide bonds. The standard InChI is InChI=1S/C29H31FO2/c1-5-29(22(3)4,24-15-17-25(18-16-24)31-6-2)20-10-11-23-14-19-27(30)28(21-23)32-26-12-8-7-9-13-26/h1,7-9,12-19,21-22H,6,10-11,20H2,2-4H3. The number of aryl methyl sites for hydroxylation is 1. The smallest absolute Gasteiger partial charge is 0.165 e. The molecular weight excluding hydrogens is 399 g/mol. The third-order valence-electron chi connectivity index (χ3n) is 5.93. The van der Waals surface area contributed by atoms with Gasteiger partial charge in [0.1, 0.15) is 11.5 Å². The van der Waals surface area contributed by atoms with E-state index in [2.05, 4.69) is 31.9 Å². The van der Waals surface area contributed by atoms with Crippen LogP contribution in [0.1, 0.15) is 44.7 Å². The van der Waals surface area contributed by atoms with Gasteiger partial charge in [-0.05, 0) is 79.6 Å². The van der Waals surface area contributed by atoms with E-state index in [1.54, 1.807) is 6.07 Å². The molecule has 0 radical (unpaired) electrons. The summed E-state index contributed by atoms with van der Waals surface area (Å²) in [6, 6.07) is 22.5. The molecule has 0 aliphatic carbocycles. The Morgan fingerprint density at radius 1 is 0.969 bits per heavy atom. The second-order valence-corrected chi connectivity index (χ2v) is 8.26. The van der Waals surface area contributed by atoms with Crippen molar-refractivity contribution in [2.45, 2.75) is 45.4 Å². The molecule has 3 heteroatoms. The zero-order chi connectivity index (χ0) is 23.0. The molecule has 3 aromatic carbocycles. The van der Waals surface area contributed by atoms with Crippen LogP contribution >= 0.6 is 0 Å². The number of hydrogen-bond acceptors (Lipinski definition) is 2. The summed E-state index contributed by atoms with van der Waals surface area (Å²) in [6.07, 6.45) is 8.60. The lowest BCUT2D eigenvalue weighted by Gasteiger charge is -2.33. The van der Waals surface area contributed by atoms with Crippen molar-refractivity contribution in [2.24, 2.45) is 5.92 Å². The molecule has 0 saturated carbocycles. The molecule has 0 bridgehead atoms. The van der Waals surface area contributed by atoms with Crippen LogP contribution in [0, 0.1) is 24.1 Å². The van der Waals surface area contributed by atoms with Crippen LogP contribution in [0.5, 0.6) is 17.2 Å². The molecule has 0 aliphatic rings. The molecule has 2 nitrogen and oxygen atoms in total. The predicted octanol–water partition coefficient (Wildman–Crippen LogP) is 7.57. The van der Waals surface area contributed by atoms with E-state index in [-0.39, 0.29) is 22.9 Å². The van der Waals surface area contributed by atoms with Crippen molar-refractivity contribution in [3.63, 3.8) is 0 Å². The van der Waals surface area contributed by atoms with E-state index in [0.717, 1.165) is 36.1 Å². The molecule has 166 valence electrons. The number of halogens is 1.